The van der Waals surface area contributed by atoms with Gasteiger partial charge >= 0.3 is 0 Å². The lowest BCUT2D eigenvalue weighted by atomic mass is 10.2. The Balaban J connectivity index is 2.96. The van der Waals surface area contributed by atoms with Crippen molar-refractivity contribution >= 4 is 17.4 Å². The number of nitriles is 1. The Hall–Kier alpha value is -1.27. The summed E-state index contributed by atoms with van der Waals surface area (Å²) in [5, 5.41) is 8.65. The fraction of sp³-hybridized carbons (Fsp3) is 0.500. The fourth-order valence-corrected chi connectivity index (χ4v) is 1.78. The molecule has 1 rings (SSSR count). The van der Waals surface area contributed by atoms with Crippen molar-refractivity contribution in [3.05, 3.63) is 23.9 Å². The summed E-state index contributed by atoms with van der Waals surface area (Å²) in [6.45, 7) is 4.86. The number of hydrogen-bond acceptors (Lipinski definition) is 3. The zero-order valence-electron chi connectivity index (χ0n) is 9.65. The van der Waals surface area contributed by atoms with Crippen LogP contribution in [0.15, 0.2) is 18.3 Å². The molecule has 86 valence electrons. The van der Waals surface area contributed by atoms with E-state index >= 15 is 0 Å². The molecule has 3 nitrogen and oxygen atoms in total. The third-order valence-electron chi connectivity index (χ3n) is 2.37. The molecule has 0 spiro atoms. The topological polar surface area (TPSA) is 39.9 Å². The molecule has 0 saturated carbocycles. The van der Waals surface area contributed by atoms with Crippen LogP contribution in [0.25, 0.3) is 0 Å². The van der Waals surface area contributed by atoms with Gasteiger partial charge in [0, 0.05) is 24.3 Å². The predicted octanol–water partition coefficient (Wildman–Crippen LogP) is 2.95. The average molecular weight is 238 g/mol. The summed E-state index contributed by atoms with van der Waals surface area (Å²) < 4.78 is 0. The summed E-state index contributed by atoms with van der Waals surface area (Å²) in [5.41, 5.74) is 1.01. The molecule has 0 fully saturated rings. The molecule has 0 radical (unpaired) electrons. The van der Waals surface area contributed by atoms with Crippen LogP contribution in [0.3, 0.4) is 0 Å². The van der Waals surface area contributed by atoms with Crippen LogP contribution in [0.5, 0.6) is 0 Å². The maximum absolute atomic E-state index is 8.65. The first-order valence-electron chi connectivity index (χ1n) is 5.34. The molecule has 16 heavy (non-hydrogen) atoms. The van der Waals surface area contributed by atoms with Gasteiger partial charge in [0.15, 0.2) is 0 Å². The summed E-state index contributed by atoms with van der Waals surface area (Å²) in [4.78, 5) is 6.47. The van der Waals surface area contributed by atoms with Crippen LogP contribution >= 0.6 is 11.6 Å². The van der Waals surface area contributed by atoms with Crippen LogP contribution in [-0.4, -0.2) is 17.6 Å². The van der Waals surface area contributed by atoms with Crippen LogP contribution < -0.4 is 4.90 Å². The van der Waals surface area contributed by atoms with Gasteiger partial charge in [-0.25, -0.2) is 4.98 Å². The molecule has 0 N–H and O–H groups in total. The normalized spacial score (nSPS) is 10.2. The molecule has 1 aromatic heterocycles. The lowest BCUT2D eigenvalue weighted by Gasteiger charge is -2.28. The van der Waals surface area contributed by atoms with E-state index < -0.39 is 0 Å². The van der Waals surface area contributed by atoms with E-state index in [0.717, 1.165) is 11.4 Å². The van der Waals surface area contributed by atoms with Gasteiger partial charge in [0.2, 0.25) is 0 Å². The molecule has 0 aliphatic rings. The highest BCUT2D eigenvalue weighted by atomic mass is 35.5. The molecule has 0 aromatic carbocycles. The van der Waals surface area contributed by atoms with Crippen molar-refractivity contribution in [3.8, 4) is 6.07 Å². The maximum atomic E-state index is 8.65. The Morgan fingerprint density at radius 1 is 1.56 bits per heavy atom. The molecule has 0 saturated heterocycles. The molecule has 1 heterocycles. The third-order valence-corrected chi connectivity index (χ3v) is 2.66. The van der Waals surface area contributed by atoms with Gasteiger partial charge in [-0.2, -0.15) is 5.26 Å². The highest BCUT2D eigenvalue weighted by molar-refractivity contribution is 6.17. The number of pyridine rings is 1. The van der Waals surface area contributed by atoms with Crippen molar-refractivity contribution in [2.45, 2.75) is 32.2 Å². The van der Waals surface area contributed by atoms with Gasteiger partial charge in [0.1, 0.15) is 5.82 Å². The summed E-state index contributed by atoms with van der Waals surface area (Å²) >= 11 is 5.88. The molecule has 0 bridgehead atoms. The Bertz CT molecular complexity index is 371. The molecule has 4 heteroatoms. The largest absolute Gasteiger partial charge is 0.353 e. The first kappa shape index (κ1) is 12.8. The third kappa shape index (κ3) is 3.11. The standard InChI is InChI=1S/C12H16ClN3/c1-10(2)16(8-4-6-14)12-11(9-13)5-3-7-15-12/h3,5,7,10H,4,8-9H2,1-2H3. The quantitative estimate of drug-likeness (QED) is 0.740. The molecular weight excluding hydrogens is 222 g/mol. The van der Waals surface area contributed by atoms with Crippen LogP contribution in [0, 0.1) is 11.3 Å². The van der Waals surface area contributed by atoms with E-state index in [1.165, 1.54) is 0 Å². The van der Waals surface area contributed by atoms with E-state index in [2.05, 4.69) is 29.8 Å². The van der Waals surface area contributed by atoms with Gasteiger partial charge in [0.25, 0.3) is 0 Å². The van der Waals surface area contributed by atoms with E-state index in [-0.39, 0.29) is 0 Å². The minimum absolute atomic E-state index is 0.310. The number of halogens is 1. The number of aromatic nitrogens is 1. The van der Waals surface area contributed by atoms with Crippen molar-refractivity contribution in [1.29, 1.82) is 5.26 Å². The van der Waals surface area contributed by atoms with E-state index in [1.807, 2.05) is 12.1 Å². The van der Waals surface area contributed by atoms with Gasteiger partial charge in [-0.05, 0) is 19.9 Å². The lowest BCUT2D eigenvalue weighted by molar-refractivity contribution is 0.674. The highest BCUT2D eigenvalue weighted by Crippen LogP contribution is 2.21. The van der Waals surface area contributed by atoms with Crippen LogP contribution in [0.1, 0.15) is 25.8 Å². The van der Waals surface area contributed by atoms with E-state index in [0.29, 0.717) is 24.9 Å². The van der Waals surface area contributed by atoms with Crippen molar-refractivity contribution in [3.63, 3.8) is 0 Å². The van der Waals surface area contributed by atoms with Crippen LogP contribution in [0.2, 0.25) is 0 Å². The minimum Gasteiger partial charge on any atom is -0.353 e. The molecule has 1 aromatic rings. The second-order valence-corrected chi connectivity index (χ2v) is 4.08. The van der Waals surface area contributed by atoms with E-state index in [1.54, 1.807) is 6.20 Å². The maximum Gasteiger partial charge on any atom is 0.133 e. The molecular formula is C12H16ClN3. The Morgan fingerprint density at radius 3 is 2.88 bits per heavy atom. The summed E-state index contributed by atoms with van der Waals surface area (Å²) in [7, 11) is 0. The molecule has 0 atom stereocenters. The number of hydrogen-bond donors (Lipinski definition) is 0. The van der Waals surface area contributed by atoms with E-state index in [9.17, 15) is 0 Å². The Labute approximate surface area is 102 Å². The second kappa shape index (κ2) is 6.34. The van der Waals surface area contributed by atoms with Gasteiger partial charge < -0.3 is 4.90 Å². The summed E-state index contributed by atoms with van der Waals surface area (Å²) in [5.74, 6) is 1.33. The highest BCUT2D eigenvalue weighted by Gasteiger charge is 2.14. The minimum atomic E-state index is 0.310. The number of anilines is 1. The van der Waals surface area contributed by atoms with Crippen molar-refractivity contribution in [1.82, 2.24) is 4.98 Å². The number of rotatable bonds is 5. The average Bonchev–Trinajstić information content (AvgIpc) is 2.29. The molecule has 0 aliphatic heterocycles. The van der Waals surface area contributed by atoms with Gasteiger partial charge in [-0.3, -0.25) is 0 Å². The predicted molar refractivity (Wildman–Crippen MR) is 66.5 cm³/mol. The van der Waals surface area contributed by atoms with Crippen molar-refractivity contribution < 1.29 is 0 Å². The van der Waals surface area contributed by atoms with Crippen LogP contribution in [0.4, 0.5) is 5.82 Å². The lowest BCUT2D eigenvalue weighted by Crippen LogP contribution is -2.33. The molecule has 0 amide bonds. The van der Waals surface area contributed by atoms with Crippen LogP contribution in [-0.2, 0) is 5.88 Å². The summed E-state index contributed by atoms with van der Waals surface area (Å²) in [6, 6.07) is 6.32. The van der Waals surface area contributed by atoms with Crippen molar-refractivity contribution in [2.75, 3.05) is 11.4 Å². The smallest absolute Gasteiger partial charge is 0.133 e. The first-order valence-corrected chi connectivity index (χ1v) is 5.87. The second-order valence-electron chi connectivity index (χ2n) is 3.82. The van der Waals surface area contributed by atoms with Gasteiger partial charge in [-0.15, -0.1) is 11.6 Å². The number of alkyl halides is 1. The zero-order valence-corrected chi connectivity index (χ0v) is 10.4. The van der Waals surface area contributed by atoms with Gasteiger partial charge in [-0.1, -0.05) is 6.07 Å². The Morgan fingerprint density at radius 2 is 2.31 bits per heavy atom. The van der Waals surface area contributed by atoms with E-state index in [4.69, 9.17) is 16.9 Å². The molecule has 0 aliphatic carbocycles. The van der Waals surface area contributed by atoms with Gasteiger partial charge in [0.05, 0.1) is 18.4 Å². The Kier molecular flexibility index (Phi) is 5.07. The summed E-state index contributed by atoms with van der Waals surface area (Å²) in [6.07, 6.45) is 2.25. The first-order chi connectivity index (χ1) is 7.70. The van der Waals surface area contributed by atoms with Crippen molar-refractivity contribution in [2.24, 2.45) is 0 Å². The monoisotopic (exact) mass is 237 g/mol. The fourth-order valence-electron chi connectivity index (χ4n) is 1.57. The molecule has 0 unspecified atom stereocenters. The SMILES string of the molecule is CC(C)N(CCC#N)c1ncccc1CCl. The zero-order chi connectivity index (χ0) is 12.0. The number of nitrogens with zero attached hydrogens (tertiary/aromatic N) is 3.